The van der Waals surface area contributed by atoms with Crippen LogP contribution in [0.5, 0.6) is 0 Å². The summed E-state index contributed by atoms with van der Waals surface area (Å²) in [7, 11) is 0. The van der Waals surface area contributed by atoms with Crippen LogP contribution in [-0.2, 0) is 14.3 Å². The van der Waals surface area contributed by atoms with Crippen molar-refractivity contribution in [2.24, 2.45) is 5.92 Å². The van der Waals surface area contributed by atoms with Crippen molar-refractivity contribution >= 4 is 5.97 Å². The maximum atomic E-state index is 11.8. The number of nitrogens with one attached hydrogen (secondary N) is 1. The molecule has 0 aliphatic carbocycles. The molecule has 4 nitrogen and oxygen atoms in total. The first-order valence-electron chi connectivity index (χ1n) is 6.05. The molecule has 2 rings (SSSR count). The Hall–Kier alpha value is -0.610. The summed E-state index contributed by atoms with van der Waals surface area (Å²) in [6, 6.07) is 0. The van der Waals surface area contributed by atoms with E-state index in [1.807, 2.05) is 20.8 Å². The van der Waals surface area contributed by atoms with Crippen molar-refractivity contribution in [2.75, 3.05) is 13.1 Å². The van der Waals surface area contributed by atoms with Gasteiger partial charge in [-0.15, -0.1) is 0 Å². The van der Waals surface area contributed by atoms with E-state index in [9.17, 15) is 4.79 Å². The monoisotopic (exact) mass is 227 g/mol. The minimum Gasteiger partial charge on any atom is -0.458 e. The molecule has 0 radical (unpaired) electrons. The van der Waals surface area contributed by atoms with E-state index in [1.165, 1.54) is 0 Å². The van der Waals surface area contributed by atoms with E-state index in [0.717, 1.165) is 25.9 Å². The van der Waals surface area contributed by atoms with Crippen LogP contribution in [0.3, 0.4) is 0 Å². The Morgan fingerprint density at radius 1 is 1.31 bits per heavy atom. The summed E-state index contributed by atoms with van der Waals surface area (Å²) in [6.07, 6.45) is 1.69. The third-order valence-electron chi connectivity index (χ3n) is 3.09. The second-order valence-corrected chi connectivity index (χ2v) is 5.69. The van der Waals surface area contributed by atoms with Crippen molar-refractivity contribution in [3.05, 3.63) is 0 Å². The van der Waals surface area contributed by atoms with Crippen LogP contribution in [0.1, 0.15) is 33.6 Å². The maximum absolute atomic E-state index is 11.8. The number of hydrogen-bond donors (Lipinski definition) is 1. The summed E-state index contributed by atoms with van der Waals surface area (Å²) >= 11 is 0. The van der Waals surface area contributed by atoms with E-state index in [0.29, 0.717) is 5.92 Å². The fourth-order valence-electron chi connectivity index (χ4n) is 2.34. The normalized spacial score (nSPS) is 34.6. The Morgan fingerprint density at radius 3 is 2.75 bits per heavy atom. The predicted octanol–water partition coefficient (Wildman–Crippen LogP) is 1.10. The van der Waals surface area contributed by atoms with E-state index in [4.69, 9.17) is 9.47 Å². The van der Waals surface area contributed by atoms with Gasteiger partial charge < -0.3 is 14.8 Å². The zero-order valence-electron chi connectivity index (χ0n) is 10.3. The minimum atomic E-state index is -0.425. The average Bonchev–Trinajstić information content (AvgIpc) is 2.61. The third-order valence-corrected chi connectivity index (χ3v) is 3.09. The number of fused-ring (bicyclic) bond motifs is 1. The molecule has 0 unspecified atom stereocenters. The Balaban J connectivity index is 1.89. The molecule has 2 heterocycles. The van der Waals surface area contributed by atoms with Crippen LogP contribution in [0.4, 0.5) is 0 Å². The number of carbonyl (C=O) groups excluding carboxylic acids is 1. The molecule has 2 aliphatic rings. The topological polar surface area (TPSA) is 47.6 Å². The fraction of sp³-hybridized carbons (Fsp3) is 0.917. The van der Waals surface area contributed by atoms with E-state index in [2.05, 4.69) is 5.32 Å². The van der Waals surface area contributed by atoms with Crippen molar-refractivity contribution in [3.8, 4) is 0 Å². The summed E-state index contributed by atoms with van der Waals surface area (Å²) in [5.41, 5.74) is -0.425. The van der Waals surface area contributed by atoms with Crippen molar-refractivity contribution in [3.63, 3.8) is 0 Å². The summed E-state index contributed by atoms with van der Waals surface area (Å²) in [5.74, 6) is 0.372. The number of rotatable bonds is 1. The Bertz CT molecular complexity index is 272. The lowest BCUT2D eigenvalue weighted by Gasteiger charge is -2.32. The molecular formula is C12H21NO3. The molecule has 2 fully saturated rings. The van der Waals surface area contributed by atoms with Crippen LogP contribution >= 0.6 is 0 Å². The quantitative estimate of drug-likeness (QED) is 0.681. The third kappa shape index (κ3) is 2.74. The molecule has 0 amide bonds. The standard InChI is InChI=1S/C12H21NO3/c1-12(2,3)16-11(14)9-5-4-8-6-13-7-10(8)15-9/h8-10,13H,4-7H2,1-3H3/t8-,9-,10-/m0/s1. The highest BCUT2D eigenvalue weighted by atomic mass is 16.6. The first-order chi connectivity index (χ1) is 7.46. The molecule has 16 heavy (non-hydrogen) atoms. The van der Waals surface area contributed by atoms with Gasteiger partial charge in [0.25, 0.3) is 0 Å². The van der Waals surface area contributed by atoms with Crippen LogP contribution in [0.15, 0.2) is 0 Å². The first-order valence-corrected chi connectivity index (χ1v) is 6.05. The molecule has 0 spiro atoms. The van der Waals surface area contributed by atoms with Gasteiger partial charge in [-0.05, 0) is 39.5 Å². The zero-order valence-corrected chi connectivity index (χ0v) is 10.3. The number of hydrogen-bond acceptors (Lipinski definition) is 4. The lowest BCUT2D eigenvalue weighted by molar-refractivity contribution is -0.178. The van der Waals surface area contributed by atoms with Crippen molar-refractivity contribution < 1.29 is 14.3 Å². The lowest BCUT2D eigenvalue weighted by Crippen LogP contribution is -2.41. The van der Waals surface area contributed by atoms with Gasteiger partial charge in [0.2, 0.25) is 0 Å². The summed E-state index contributed by atoms with van der Waals surface area (Å²) in [4.78, 5) is 11.8. The molecule has 2 saturated heterocycles. The van der Waals surface area contributed by atoms with Crippen molar-refractivity contribution in [1.29, 1.82) is 0 Å². The summed E-state index contributed by atoms with van der Waals surface area (Å²) in [6.45, 7) is 7.53. The number of ether oxygens (including phenoxy) is 2. The van der Waals surface area contributed by atoms with Crippen molar-refractivity contribution in [1.82, 2.24) is 5.32 Å². The van der Waals surface area contributed by atoms with Crippen molar-refractivity contribution in [2.45, 2.75) is 51.4 Å². The molecule has 2 aliphatic heterocycles. The highest BCUT2D eigenvalue weighted by Crippen LogP contribution is 2.28. The number of esters is 1. The van der Waals surface area contributed by atoms with Crippen LogP contribution in [-0.4, -0.2) is 36.9 Å². The summed E-state index contributed by atoms with van der Waals surface area (Å²) in [5, 5.41) is 3.29. The van der Waals surface area contributed by atoms with Gasteiger partial charge in [-0.25, -0.2) is 4.79 Å². The Labute approximate surface area is 96.7 Å². The van der Waals surface area contributed by atoms with Gasteiger partial charge in [-0.1, -0.05) is 0 Å². The van der Waals surface area contributed by atoms with Gasteiger partial charge in [0.1, 0.15) is 5.60 Å². The second-order valence-electron chi connectivity index (χ2n) is 5.69. The minimum absolute atomic E-state index is 0.200. The highest BCUT2D eigenvalue weighted by Gasteiger charge is 2.38. The highest BCUT2D eigenvalue weighted by molar-refractivity contribution is 5.75. The molecule has 0 aromatic heterocycles. The Kier molecular flexibility index (Phi) is 3.22. The summed E-state index contributed by atoms with van der Waals surface area (Å²) < 4.78 is 11.1. The SMILES string of the molecule is CC(C)(C)OC(=O)[C@@H]1CC[C@H]2CNC[C@@H]2O1. The molecule has 92 valence electrons. The molecule has 0 aromatic carbocycles. The van der Waals surface area contributed by atoms with Crippen LogP contribution in [0.25, 0.3) is 0 Å². The smallest absolute Gasteiger partial charge is 0.335 e. The molecule has 0 saturated carbocycles. The maximum Gasteiger partial charge on any atom is 0.335 e. The molecule has 1 N–H and O–H groups in total. The van der Waals surface area contributed by atoms with Gasteiger partial charge in [0.05, 0.1) is 6.10 Å². The van der Waals surface area contributed by atoms with Gasteiger partial charge in [0.15, 0.2) is 6.10 Å². The van der Waals surface area contributed by atoms with E-state index in [-0.39, 0.29) is 18.2 Å². The predicted molar refractivity (Wildman–Crippen MR) is 60.1 cm³/mol. The van der Waals surface area contributed by atoms with E-state index < -0.39 is 5.60 Å². The van der Waals surface area contributed by atoms with E-state index >= 15 is 0 Å². The molecule has 0 aromatic rings. The van der Waals surface area contributed by atoms with Gasteiger partial charge >= 0.3 is 5.97 Å². The lowest BCUT2D eigenvalue weighted by atomic mass is 9.94. The molecule has 3 atom stereocenters. The van der Waals surface area contributed by atoms with Gasteiger partial charge in [-0.2, -0.15) is 0 Å². The van der Waals surface area contributed by atoms with Gasteiger partial charge in [0, 0.05) is 13.1 Å². The zero-order chi connectivity index (χ0) is 11.8. The average molecular weight is 227 g/mol. The Morgan fingerprint density at radius 2 is 2.06 bits per heavy atom. The number of carbonyl (C=O) groups is 1. The fourth-order valence-corrected chi connectivity index (χ4v) is 2.34. The largest absolute Gasteiger partial charge is 0.458 e. The van der Waals surface area contributed by atoms with Gasteiger partial charge in [-0.3, -0.25) is 0 Å². The van der Waals surface area contributed by atoms with Crippen LogP contribution in [0, 0.1) is 5.92 Å². The first kappa shape index (κ1) is 11.9. The van der Waals surface area contributed by atoms with Crippen LogP contribution in [0.2, 0.25) is 0 Å². The van der Waals surface area contributed by atoms with Crippen LogP contribution < -0.4 is 5.32 Å². The molecule has 0 bridgehead atoms. The second kappa shape index (κ2) is 4.34. The molecular weight excluding hydrogens is 206 g/mol. The molecule has 4 heteroatoms. The van der Waals surface area contributed by atoms with E-state index in [1.54, 1.807) is 0 Å².